The molecule has 0 radical (unpaired) electrons. The van der Waals surface area contributed by atoms with E-state index >= 15 is 0 Å². The summed E-state index contributed by atoms with van der Waals surface area (Å²) in [6.07, 6.45) is 1.29. The number of benzene rings is 1. The van der Waals surface area contributed by atoms with Crippen LogP contribution >= 0.6 is 24.0 Å². The number of hydrogen-bond acceptors (Lipinski definition) is 4. The van der Waals surface area contributed by atoms with E-state index in [0.29, 0.717) is 38.7 Å². The van der Waals surface area contributed by atoms with Crippen LogP contribution < -0.4 is 10.6 Å². The Morgan fingerprint density at radius 3 is 2.42 bits per heavy atom. The Bertz CT molecular complexity index is 828. The quantitative estimate of drug-likeness (QED) is 0.255. The molecule has 31 heavy (non-hydrogen) atoms. The largest absolute Gasteiger partial charge is 0.368 e. The molecule has 2 heterocycles. The van der Waals surface area contributed by atoms with Gasteiger partial charge < -0.3 is 25.2 Å². The van der Waals surface area contributed by atoms with Crippen molar-refractivity contribution in [2.75, 3.05) is 51.7 Å². The Morgan fingerprint density at radius 1 is 1.13 bits per heavy atom. The summed E-state index contributed by atoms with van der Waals surface area (Å²) in [7, 11) is 1.55. The zero-order valence-corrected chi connectivity index (χ0v) is 19.3. The first-order valence-corrected chi connectivity index (χ1v) is 9.70. The van der Waals surface area contributed by atoms with Gasteiger partial charge in [-0.15, -0.1) is 24.0 Å². The molecule has 1 aromatic rings. The zero-order valence-electron chi connectivity index (χ0n) is 17.0. The third-order valence-electron chi connectivity index (χ3n) is 5.02. The van der Waals surface area contributed by atoms with Crippen LogP contribution in [-0.4, -0.2) is 80.1 Å². The smallest absolute Gasteiger partial charge is 0.251 e. The number of rotatable bonds is 4. The maximum absolute atomic E-state index is 13.7. The van der Waals surface area contributed by atoms with E-state index in [9.17, 15) is 22.8 Å². The van der Waals surface area contributed by atoms with Crippen molar-refractivity contribution >= 4 is 47.4 Å². The summed E-state index contributed by atoms with van der Waals surface area (Å²) in [5.41, 5.74) is -0.447. The van der Waals surface area contributed by atoms with E-state index in [1.165, 1.54) is 0 Å². The van der Waals surface area contributed by atoms with Gasteiger partial charge in [-0.3, -0.25) is 14.6 Å². The Kier molecular flexibility index (Phi) is 9.34. The second-order valence-corrected chi connectivity index (χ2v) is 6.99. The molecule has 2 fully saturated rings. The molecule has 2 amide bonds. The summed E-state index contributed by atoms with van der Waals surface area (Å²) in [5, 5.41) is 5.04. The van der Waals surface area contributed by atoms with Crippen molar-refractivity contribution in [3.63, 3.8) is 0 Å². The molecule has 1 atom stereocenters. The summed E-state index contributed by atoms with van der Waals surface area (Å²) < 4.78 is 45.3. The van der Waals surface area contributed by atoms with Gasteiger partial charge in [0.05, 0.1) is 12.2 Å². The number of amides is 2. The van der Waals surface area contributed by atoms with Crippen molar-refractivity contribution in [1.82, 2.24) is 15.1 Å². The number of guanidine groups is 1. The second kappa shape index (κ2) is 11.5. The van der Waals surface area contributed by atoms with E-state index in [-0.39, 0.29) is 42.5 Å². The number of halogens is 4. The third-order valence-corrected chi connectivity index (χ3v) is 5.02. The first kappa shape index (κ1) is 25.2. The van der Waals surface area contributed by atoms with Crippen molar-refractivity contribution in [2.24, 2.45) is 4.99 Å². The van der Waals surface area contributed by atoms with Crippen LogP contribution in [0.2, 0.25) is 0 Å². The van der Waals surface area contributed by atoms with Crippen molar-refractivity contribution in [3.05, 3.63) is 29.6 Å². The summed E-state index contributed by atoms with van der Waals surface area (Å²) in [4.78, 5) is 32.2. The van der Waals surface area contributed by atoms with Gasteiger partial charge >= 0.3 is 0 Å². The molecule has 2 N–H and O–H groups in total. The topological polar surface area (TPSA) is 86.3 Å². The van der Waals surface area contributed by atoms with Gasteiger partial charge in [0.2, 0.25) is 5.91 Å². The fourth-order valence-electron chi connectivity index (χ4n) is 3.42. The monoisotopic (exact) mass is 555 g/mol. The van der Waals surface area contributed by atoms with Gasteiger partial charge in [0.15, 0.2) is 23.4 Å². The minimum absolute atomic E-state index is 0. The number of nitrogens with zero attached hydrogens (tertiary/aromatic N) is 3. The van der Waals surface area contributed by atoms with E-state index in [2.05, 4.69) is 15.6 Å². The average molecular weight is 555 g/mol. The third kappa shape index (κ3) is 6.21. The minimum Gasteiger partial charge on any atom is -0.368 e. The summed E-state index contributed by atoms with van der Waals surface area (Å²) in [6.45, 7) is 2.43. The first-order chi connectivity index (χ1) is 14.4. The summed E-state index contributed by atoms with van der Waals surface area (Å²) in [6, 6.07) is 1.68. The molecule has 12 heteroatoms. The van der Waals surface area contributed by atoms with Gasteiger partial charge in [-0.1, -0.05) is 0 Å². The molecule has 0 bridgehead atoms. The van der Waals surface area contributed by atoms with Gasteiger partial charge in [0.1, 0.15) is 6.10 Å². The van der Waals surface area contributed by atoms with E-state index in [1.807, 2.05) is 4.90 Å². The predicted octanol–water partition coefficient (Wildman–Crippen LogP) is 1.56. The van der Waals surface area contributed by atoms with Crippen LogP contribution in [0.3, 0.4) is 0 Å². The highest BCUT2D eigenvalue weighted by molar-refractivity contribution is 14.0. The fraction of sp³-hybridized carbons (Fsp3) is 0.526. The van der Waals surface area contributed by atoms with E-state index in [0.717, 1.165) is 25.0 Å². The van der Waals surface area contributed by atoms with Crippen LogP contribution in [0.15, 0.2) is 17.1 Å². The zero-order chi connectivity index (χ0) is 21.7. The molecule has 1 aromatic carbocycles. The Morgan fingerprint density at radius 2 is 1.81 bits per heavy atom. The van der Waals surface area contributed by atoms with Crippen molar-refractivity contribution in [2.45, 2.75) is 18.9 Å². The minimum atomic E-state index is -1.65. The molecule has 172 valence electrons. The van der Waals surface area contributed by atoms with E-state index in [1.54, 1.807) is 11.9 Å². The van der Waals surface area contributed by atoms with Crippen LogP contribution in [0.1, 0.15) is 12.8 Å². The highest BCUT2D eigenvalue weighted by atomic mass is 127. The molecule has 2 aliphatic rings. The fourth-order valence-corrected chi connectivity index (χ4v) is 3.42. The second-order valence-electron chi connectivity index (χ2n) is 6.99. The number of ether oxygens (including phenoxy) is 1. The maximum Gasteiger partial charge on any atom is 0.251 e. The van der Waals surface area contributed by atoms with Gasteiger partial charge in [0.25, 0.3) is 5.91 Å². The molecule has 2 aliphatic heterocycles. The Balaban J connectivity index is 0.00000341. The summed E-state index contributed by atoms with van der Waals surface area (Å²) in [5.74, 6) is -4.63. The Labute approximate surface area is 195 Å². The Hall–Kier alpha value is -2.09. The van der Waals surface area contributed by atoms with Crippen LogP contribution in [0.5, 0.6) is 0 Å². The number of nitrogens with one attached hydrogen (secondary N) is 2. The molecular weight excluding hydrogens is 530 g/mol. The summed E-state index contributed by atoms with van der Waals surface area (Å²) >= 11 is 0. The van der Waals surface area contributed by atoms with Crippen LogP contribution in [0.25, 0.3) is 0 Å². The lowest BCUT2D eigenvalue weighted by Gasteiger charge is -2.37. The molecular formula is C19H25F3IN5O3. The molecule has 0 aromatic heterocycles. The lowest BCUT2D eigenvalue weighted by atomic mass is 10.2. The van der Waals surface area contributed by atoms with Crippen LogP contribution in [0.4, 0.5) is 18.9 Å². The number of carbonyl (C=O) groups is 2. The van der Waals surface area contributed by atoms with Crippen LogP contribution in [-0.2, 0) is 14.3 Å². The predicted molar refractivity (Wildman–Crippen MR) is 119 cm³/mol. The average Bonchev–Trinajstić information content (AvgIpc) is 3.29. The molecule has 0 saturated carbocycles. The molecule has 0 aliphatic carbocycles. The molecule has 2 saturated heterocycles. The van der Waals surface area contributed by atoms with Gasteiger partial charge in [-0.05, 0) is 25.0 Å². The van der Waals surface area contributed by atoms with Crippen molar-refractivity contribution < 1.29 is 27.5 Å². The standard InChI is InChI=1S/C19H24F3N5O3.HI/c1-23-19(24-11-15(28)25-13-5-4-12(20)16(21)17(13)22)27-8-6-26(7-9-27)18(29)14-3-2-10-30-14;/h4-5,14H,2-3,6-11H2,1H3,(H,23,24)(H,25,28);1H. The molecule has 3 rings (SSSR count). The van der Waals surface area contributed by atoms with Gasteiger partial charge in [-0.2, -0.15) is 0 Å². The van der Waals surface area contributed by atoms with E-state index in [4.69, 9.17) is 4.74 Å². The number of hydrogen-bond donors (Lipinski definition) is 2. The highest BCUT2D eigenvalue weighted by Gasteiger charge is 2.31. The molecule has 1 unspecified atom stereocenters. The first-order valence-electron chi connectivity index (χ1n) is 9.70. The number of anilines is 1. The van der Waals surface area contributed by atoms with Crippen molar-refractivity contribution in [1.29, 1.82) is 0 Å². The maximum atomic E-state index is 13.7. The van der Waals surface area contributed by atoms with Gasteiger partial charge in [-0.25, -0.2) is 13.2 Å². The number of aliphatic imine (C=N–C) groups is 1. The number of piperazine rings is 1. The van der Waals surface area contributed by atoms with Crippen LogP contribution in [0, 0.1) is 17.5 Å². The normalized spacial score (nSPS) is 19.1. The van der Waals surface area contributed by atoms with Gasteiger partial charge in [0, 0.05) is 39.8 Å². The molecule has 8 nitrogen and oxygen atoms in total. The highest BCUT2D eigenvalue weighted by Crippen LogP contribution is 2.19. The lowest BCUT2D eigenvalue weighted by molar-refractivity contribution is -0.142. The van der Waals surface area contributed by atoms with Crippen molar-refractivity contribution in [3.8, 4) is 0 Å². The molecule has 0 spiro atoms. The van der Waals surface area contributed by atoms with E-state index < -0.39 is 29.0 Å². The number of carbonyl (C=O) groups excluding carboxylic acids is 2. The lowest BCUT2D eigenvalue weighted by Crippen LogP contribution is -2.55. The SMILES string of the molecule is CN=C(NCC(=O)Nc1ccc(F)c(F)c1F)N1CCN(C(=O)C2CCCO2)CC1.I.